The molecule has 0 unspecified atom stereocenters. The molecule has 2 fully saturated rings. The first-order valence-electron chi connectivity index (χ1n) is 31.4. The number of aliphatic imine (C=N–C) groups is 4. The fourth-order valence-corrected chi connectivity index (χ4v) is 14.1. The molecule has 16 bridgehead atoms. The number of hydrogen-bond donors (Lipinski definition) is 8. The predicted octanol–water partition coefficient (Wildman–Crippen LogP) is 18.0. The van der Waals surface area contributed by atoms with E-state index >= 15 is 0 Å². The van der Waals surface area contributed by atoms with E-state index in [-0.39, 0.29) is 70.2 Å². The highest BCUT2D eigenvalue weighted by atomic mass is 16.3. The molecule has 0 saturated heterocycles. The summed E-state index contributed by atoms with van der Waals surface area (Å²) in [6, 6.07) is 58.3. The van der Waals surface area contributed by atoms with Crippen molar-refractivity contribution in [2.24, 2.45) is 20.0 Å². The highest BCUT2D eigenvalue weighted by molar-refractivity contribution is 6.16. The summed E-state index contributed by atoms with van der Waals surface area (Å²) < 4.78 is 0. The Bertz CT molecular complexity index is 4470. The minimum atomic E-state index is -0.218. The van der Waals surface area contributed by atoms with Crippen molar-refractivity contribution >= 4 is 67.9 Å². The van der Waals surface area contributed by atoms with Gasteiger partial charge in [0.1, 0.15) is 46.0 Å². The zero-order chi connectivity index (χ0) is 62.7. The van der Waals surface area contributed by atoms with E-state index in [4.69, 9.17) is 20.0 Å². The Morgan fingerprint density at radius 2 is 0.467 bits per heavy atom. The van der Waals surface area contributed by atoms with Crippen molar-refractivity contribution in [3.05, 3.63) is 216 Å². The largest absolute Gasteiger partial charge is 0.507 e. The van der Waals surface area contributed by atoms with Gasteiger partial charge in [-0.05, 0) is 164 Å². The van der Waals surface area contributed by atoms with Crippen LogP contribution in [0.15, 0.2) is 214 Å². The molecule has 0 radical (unpaired) electrons. The van der Waals surface area contributed by atoms with E-state index in [0.29, 0.717) is 111 Å². The van der Waals surface area contributed by atoms with Crippen molar-refractivity contribution in [3.8, 4) is 113 Å². The van der Waals surface area contributed by atoms with E-state index < -0.39 is 0 Å². The zero-order valence-electron chi connectivity index (χ0n) is 50.1. The third kappa shape index (κ3) is 10.3. The quantitative estimate of drug-likeness (QED) is 0.0730. The van der Waals surface area contributed by atoms with Gasteiger partial charge in [-0.15, -0.1) is 0 Å². The molecule has 4 atom stereocenters. The highest BCUT2D eigenvalue weighted by Gasteiger charge is 2.29. The lowest BCUT2D eigenvalue weighted by molar-refractivity contribution is 0.390. The number of phenolic OH excluding ortho intramolecular Hbond substituents is 8. The average molecular weight is 1210 g/mol. The second-order valence-corrected chi connectivity index (χ2v) is 24.5. The van der Waals surface area contributed by atoms with Crippen molar-refractivity contribution in [2.75, 3.05) is 0 Å². The van der Waals surface area contributed by atoms with Crippen LogP contribution in [0.1, 0.15) is 73.6 Å². The van der Waals surface area contributed by atoms with Gasteiger partial charge in [0.05, 0.1) is 24.2 Å². The van der Waals surface area contributed by atoms with E-state index in [1.807, 2.05) is 146 Å². The minimum Gasteiger partial charge on any atom is -0.507 e. The number of rotatable bonds is 0. The molecule has 12 aliphatic rings. The number of fused-ring (bicyclic) bond motifs is 4. The van der Waals surface area contributed by atoms with Crippen LogP contribution < -0.4 is 0 Å². The average Bonchev–Trinajstić information content (AvgIpc) is 0.753. The molecule has 24 rings (SSSR count). The highest BCUT2D eigenvalue weighted by Crippen LogP contribution is 2.54. The number of hydrogen-bond acceptors (Lipinski definition) is 12. The summed E-state index contributed by atoms with van der Waals surface area (Å²) in [6.07, 6.45) is 13.5. The van der Waals surface area contributed by atoms with Gasteiger partial charge in [-0.25, -0.2) is 0 Å². The van der Waals surface area contributed by atoms with Crippen LogP contribution in [0.5, 0.6) is 46.0 Å². The first kappa shape index (κ1) is 57.2. The number of nitrogens with zero attached hydrogens (tertiary/aromatic N) is 4. The molecule has 2 saturated carbocycles. The Morgan fingerprint density at radius 1 is 0.250 bits per heavy atom. The normalized spacial score (nSPS) is 17.4. The fraction of sp³-hybridized carbons (Fsp3) is 0.150. The number of phenols is 8. The molecule has 8 N–H and O–H groups in total. The smallest absolute Gasteiger partial charge is 0.132 e. The molecule has 0 aromatic heterocycles. The van der Waals surface area contributed by atoms with Crippen molar-refractivity contribution in [1.29, 1.82) is 0 Å². The monoisotopic (exact) mass is 1210 g/mol. The summed E-state index contributed by atoms with van der Waals surface area (Å²) in [5, 5.41) is 104. The van der Waals surface area contributed by atoms with Gasteiger partial charge < -0.3 is 40.9 Å². The topological polar surface area (TPSA) is 211 Å². The third-order valence-electron chi connectivity index (χ3n) is 19.0. The van der Waals surface area contributed by atoms with Gasteiger partial charge in [0.25, 0.3) is 0 Å². The molecule has 12 nitrogen and oxygen atoms in total. The van der Waals surface area contributed by atoms with Crippen LogP contribution in [0.3, 0.4) is 0 Å². The van der Waals surface area contributed by atoms with Crippen LogP contribution in [-0.4, -0.2) is 89.9 Å². The van der Waals surface area contributed by atoms with Crippen LogP contribution in [-0.2, 0) is 0 Å². The van der Waals surface area contributed by atoms with Crippen molar-refractivity contribution in [1.82, 2.24) is 0 Å². The summed E-state index contributed by atoms with van der Waals surface area (Å²) in [5.41, 5.74) is 7.49. The van der Waals surface area contributed by atoms with Crippen molar-refractivity contribution in [3.63, 3.8) is 0 Å². The molecule has 12 heteroatoms. The third-order valence-corrected chi connectivity index (χ3v) is 19.0. The Morgan fingerprint density at radius 3 is 0.685 bits per heavy atom. The lowest BCUT2D eigenvalue weighted by Crippen LogP contribution is -2.27. The SMILES string of the molecule is Oc1cc2ccc1C=N[C@H]1CCCC[C@@H]1N=Cc1ccc(cc1O)-c1cc3ccccc3c(c1O)-c1c(O)c(cc3ccccc13)-c1ccc(c(O)c1)C=N[C@H]1CCCC[C@@H]1N=Cc1ccc(cc1O)-c1cc3ccccc3c(c1O)-c1c(O)c-2cc2ccccc12. The lowest BCUT2D eigenvalue weighted by Gasteiger charge is -2.25. The van der Waals surface area contributed by atoms with Gasteiger partial charge >= 0.3 is 0 Å². The molecule has 12 aromatic rings. The Labute approximate surface area is 530 Å². The second kappa shape index (κ2) is 23.6. The molecular formula is C80H64N4O8. The van der Waals surface area contributed by atoms with Gasteiger partial charge in [0.15, 0.2) is 0 Å². The zero-order valence-corrected chi connectivity index (χ0v) is 50.1. The molecule has 452 valence electrons. The summed E-state index contributed by atoms with van der Waals surface area (Å²) >= 11 is 0. The molecule has 92 heavy (non-hydrogen) atoms. The lowest BCUT2D eigenvalue weighted by atomic mass is 9.86. The Hall–Kier alpha value is -11.2. The summed E-state index contributed by atoms with van der Waals surface area (Å²) in [6.45, 7) is 0. The number of benzene rings is 12. The maximum Gasteiger partial charge on any atom is 0.132 e. The van der Waals surface area contributed by atoms with Gasteiger partial charge in [-0.2, -0.15) is 0 Å². The molecule has 12 aromatic carbocycles. The first-order chi connectivity index (χ1) is 44.9. The molecule has 10 heterocycles. The van der Waals surface area contributed by atoms with Crippen LogP contribution >= 0.6 is 0 Å². The van der Waals surface area contributed by atoms with Crippen LogP contribution in [0, 0.1) is 0 Å². The summed E-state index contributed by atoms with van der Waals surface area (Å²) in [7, 11) is 0. The molecule has 10 aliphatic heterocycles. The molecular weight excluding hydrogens is 1140 g/mol. The van der Waals surface area contributed by atoms with Gasteiger partial charge in [0, 0.05) is 91.6 Å². The van der Waals surface area contributed by atoms with Crippen molar-refractivity contribution in [2.45, 2.75) is 75.5 Å². The van der Waals surface area contributed by atoms with E-state index in [2.05, 4.69) is 0 Å². The second-order valence-electron chi connectivity index (χ2n) is 24.5. The summed E-state index contributed by atoms with van der Waals surface area (Å²) in [5.74, 6) is -0.527. The van der Waals surface area contributed by atoms with Crippen molar-refractivity contribution < 1.29 is 40.9 Å². The first-order valence-corrected chi connectivity index (χ1v) is 31.4. The molecule has 0 spiro atoms. The van der Waals surface area contributed by atoms with E-state index in [1.165, 1.54) is 0 Å². The standard InChI is InChI=1S/C80H64N4O8/c85-69-37-49-25-29-53(69)41-81-65-21-9-10-22-66(65)83-43-55-31-27-51(39-71(55)87)63-35-47-15-3-7-19-59(47)75(79(63)91)76-60-20-8-4-16-48(60)36-64(80(76)92)52-28-32-56(72(88)40-52)44-84-68-24-12-11-23-67(68)82-42-54-30-26-50(38-70(54)86)62-34-46-14-2-6-18-58(46)74(78(62)90)73-57-17-5-1-13-45(57)33-61(49)77(73)89/h1-8,13-20,25-44,65-68,85-92H,9-12,21-24H2/t65-,66-,67-,68-/m0/s1. The van der Waals surface area contributed by atoms with Crippen LogP contribution in [0.2, 0.25) is 0 Å². The number of aromatic hydroxyl groups is 8. The molecule has 0 amide bonds. The Balaban J connectivity index is 0.862. The maximum atomic E-state index is 12.7. The predicted molar refractivity (Wildman–Crippen MR) is 371 cm³/mol. The fourth-order valence-electron chi connectivity index (χ4n) is 14.1. The van der Waals surface area contributed by atoms with E-state index in [9.17, 15) is 40.9 Å². The van der Waals surface area contributed by atoms with Gasteiger partial charge in [-0.3, -0.25) is 20.0 Å². The van der Waals surface area contributed by atoms with Gasteiger partial charge in [-0.1, -0.05) is 147 Å². The Kier molecular flexibility index (Phi) is 14.7. The molecule has 2 aliphatic carbocycles. The van der Waals surface area contributed by atoms with Gasteiger partial charge in [0.2, 0.25) is 0 Å². The maximum absolute atomic E-state index is 12.7. The minimum absolute atomic E-state index is 0.0407. The van der Waals surface area contributed by atoms with Crippen LogP contribution in [0.4, 0.5) is 0 Å². The van der Waals surface area contributed by atoms with E-state index in [0.717, 1.165) is 72.9 Å². The summed E-state index contributed by atoms with van der Waals surface area (Å²) in [4.78, 5) is 20.1. The van der Waals surface area contributed by atoms with Crippen LogP contribution in [0.25, 0.3) is 110 Å². The van der Waals surface area contributed by atoms with E-state index in [1.54, 1.807) is 73.4 Å².